The highest BCUT2D eigenvalue weighted by Crippen LogP contribution is 2.34. The van der Waals surface area contributed by atoms with E-state index in [0.29, 0.717) is 33.8 Å². The number of nitro groups is 1. The minimum absolute atomic E-state index is 0.0188. The van der Waals surface area contributed by atoms with Crippen LogP contribution in [0.1, 0.15) is 11.1 Å². The van der Waals surface area contributed by atoms with Gasteiger partial charge >= 0.3 is 0 Å². The summed E-state index contributed by atoms with van der Waals surface area (Å²) in [5.41, 5.74) is 5.15. The molecule has 7 nitrogen and oxygen atoms in total. The molecule has 0 spiro atoms. The van der Waals surface area contributed by atoms with Crippen LogP contribution in [0, 0.1) is 13.7 Å². The van der Waals surface area contributed by atoms with Crippen LogP contribution in [0.2, 0.25) is 10.0 Å². The Morgan fingerprint density at radius 3 is 2.52 bits per heavy atom. The first kappa shape index (κ1) is 23.1. The van der Waals surface area contributed by atoms with Crippen LogP contribution in [0.15, 0.2) is 59.7 Å². The fourth-order valence-electron chi connectivity index (χ4n) is 2.58. The molecule has 1 N–H and O–H groups in total. The third kappa shape index (κ3) is 6.22. The van der Waals surface area contributed by atoms with Gasteiger partial charge in [0.1, 0.15) is 6.61 Å². The molecule has 3 rings (SSSR count). The molecule has 160 valence electrons. The Balaban J connectivity index is 1.69. The van der Waals surface area contributed by atoms with Gasteiger partial charge in [0.25, 0.3) is 5.69 Å². The monoisotopic (exact) mass is 571 g/mol. The van der Waals surface area contributed by atoms with Crippen LogP contribution in [-0.4, -0.2) is 18.2 Å². The summed E-state index contributed by atoms with van der Waals surface area (Å²) in [6, 6.07) is 15.0. The van der Waals surface area contributed by atoms with E-state index in [1.54, 1.807) is 43.7 Å². The number of nitrogens with zero attached hydrogens (tertiary/aromatic N) is 2. The van der Waals surface area contributed by atoms with Gasteiger partial charge in [-0.1, -0.05) is 29.3 Å². The maximum Gasteiger partial charge on any atom is 0.269 e. The molecule has 0 heterocycles. The van der Waals surface area contributed by atoms with E-state index in [1.165, 1.54) is 12.1 Å². The van der Waals surface area contributed by atoms with Gasteiger partial charge in [0.2, 0.25) is 0 Å². The maximum atomic E-state index is 10.7. The van der Waals surface area contributed by atoms with Crippen molar-refractivity contribution in [1.82, 2.24) is 0 Å². The van der Waals surface area contributed by atoms with Crippen LogP contribution in [0.5, 0.6) is 11.5 Å². The topological polar surface area (TPSA) is 86.0 Å². The van der Waals surface area contributed by atoms with Gasteiger partial charge in [0.05, 0.1) is 37.6 Å². The first-order chi connectivity index (χ1) is 14.9. The lowest BCUT2D eigenvalue weighted by Crippen LogP contribution is -2.01. The fraction of sp³-hybridized carbons (Fsp3) is 0.0952. The first-order valence-electron chi connectivity index (χ1n) is 8.85. The largest absolute Gasteiger partial charge is 0.493 e. The van der Waals surface area contributed by atoms with Crippen molar-refractivity contribution >= 4 is 63.4 Å². The molecule has 0 aliphatic heterocycles. The molecule has 0 atom stereocenters. The highest BCUT2D eigenvalue weighted by Gasteiger charge is 2.12. The van der Waals surface area contributed by atoms with Crippen LogP contribution in [0.25, 0.3) is 0 Å². The van der Waals surface area contributed by atoms with Gasteiger partial charge in [-0.05, 0) is 70.1 Å². The van der Waals surface area contributed by atoms with E-state index in [4.69, 9.17) is 32.7 Å². The van der Waals surface area contributed by atoms with Gasteiger partial charge in [-0.25, -0.2) is 0 Å². The fourth-order valence-corrected chi connectivity index (χ4v) is 3.68. The van der Waals surface area contributed by atoms with Crippen molar-refractivity contribution < 1.29 is 14.4 Å². The van der Waals surface area contributed by atoms with E-state index >= 15 is 0 Å². The Hall–Kier alpha value is -2.56. The van der Waals surface area contributed by atoms with Crippen molar-refractivity contribution in [2.45, 2.75) is 6.61 Å². The predicted molar refractivity (Wildman–Crippen MR) is 131 cm³/mol. The van der Waals surface area contributed by atoms with Crippen molar-refractivity contribution in [3.05, 3.63) is 89.5 Å². The van der Waals surface area contributed by atoms with E-state index in [0.717, 1.165) is 14.7 Å². The average molecular weight is 572 g/mol. The second-order valence-electron chi connectivity index (χ2n) is 6.25. The van der Waals surface area contributed by atoms with Gasteiger partial charge in [0, 0.05) is 12.1 Å². The minimum atomic E-state index is -0.452. The molecule has 10 heteroatoms. The number of nitrogens with one attached hydrogen (secondary N) is 1. The van der Waals surface area contributed by atoms with Gasteiger partial charge in [-0.15, -0.1) is 0 Å². The van der Waals surface area contributed by atoms with Gasteiger partial charge < -0.3 is 9.47 Å². The molecule has 0 fully saturated rings. The summed E-state index contributed by atoms with van der Waals surface area (Å²) >= 11 is 14.2. The number of benzene rings is 3. The van der Waals surface area contributed by atoms with Crippen LogP contribution < -0.4 is 14.9 Å². The molecule has 0 saturated carbocycles. The van der Waals surface area contributed by atoms with Crippen LogP contribution in [0.4, 0.5) is 11.4 Å². The molecule has 0 radical (unpaired) electrons. The number of hydrazone groups is 1. The molecule has 0 bridgehead atoms. The van der Waals surface area contributed by atoms with E-state index < -0.39 is 4.92 Å². The molecule has 0 aliphatic rings. The molecular formula is C21H16Cl2IN3O4. The van der Waals surface area contributed by atoms with Crippen molar-refractivity contribution in [1.29, 1.82) is 0 Å². The Morgan fingerprint density at radius 2 is 1.87 bits per heavy atom. The third-order valence-corrected chi connectivity index (χ3v) is 5.64. The number of nitro benzene ring substituents is 1. The third-order valence-electron chi connectivity index (χ3n) is 4.10. The SMILES string of the molecule is COc1cc(/C=N/Nc2ccc([N+](=O)[O-])cc2)cc(I)c1OCc1ccc(Cl)c(Cl)c1. The molecule has 0 unspecified atom stereocenters. The van der Waals surface area contributed by atoms with E-state index in [2.05, 4.69) is 33.1 Å². The van der Waals surface area contributed by atoms with Crippen molar-refractivity contribution in [3.8, 4) is 11.5 Å². The van der Waals surface area contributed by atoms with E-state index in [-0.39, 0.29) is 5.69 Å². The summed E-state index contributed by atoms with van der Waals surface area (Å²) in [6.07, 6.45) is 1.62. The summed E-state index contributed by atoms with van der Waals surface area (Å²) in [6.45, 7) is 0.304. The zero-order chi connectivity index (χ0) is 22.4. The van der Waals surface area contributed by atoms with Crippen LogP contribution in [-0.2, 0) is 6.61 Å². The number of methoxy groups -OCH3 is 1. The highest BCUT2D eigenvalue weighted by atomic mass is 127. The number of halogens is 3. The lowest BCUT2D eigenvalue weighted by atomic mass is 10.2. The first-order valence-corrected chi connectivity index (χ1v) is 10.7. The van der Waals surface area contributed by atoms with Gasteiger partial charge in [-0.2, -0.15) is 5.10 Å². The standard InChI is InChI=1S/C21H16Cl2IN3O4/c1-30-20-10-14(11-25-26-15-3-5-16(6-4-15)27(28)29)9-19(24)21(20)31-12-13-2-7-17(22)18(23)8-13/h2-11,26H,12H2,1H3/b25-11+. The average Bonchev–Trinajstić information content (AvgIpc) is 2.75. The van der Waals surface area contributed by atoms with Crippen LogP contribution >= 0.6 is 45.8 Å². The number of ether oxygens (including phenoxy) is 2. The summed E-state index contributed by atoms with van der Waals surface area (Å²) in [5.74, 6) is 1.17. The van der Waals surface area contributed by atoms with Gasteiger partial charge in [0.15, 0.2) is 11.5 Å². The summed E-state index contributed by atoms with van der Waals surface area (Å²) in [7, 11) is 1.56. The van der Waals surface area contributed by atoms with Crippen molar-refractivity contribution in [2.24, 2.45) is 5.10 Å². The number of hydrogen-bond donors (Lipinski definition) is 1. The molecule has 0 aliphatic carbocycles. The molecule has 0 amide bonds. The lowest BCUT2D eigenvalue weighted by molar-refractivity contribution is -0.384. The molecule has 31 heavy (non-hydrogen) atoms. The Labute approximate surface area is 202 Å². The molecule has 0 saturated heterocycles. The second kappa shape index (κ2) is 10.7. The molecular weight excluding hydrogens is 556 g/mol. The second-order valence-corrected chi connectivity index (χ2v) is 8.22. The predicted octanol–water partition coefficient (Wildman–Crippen LogP) is 6.54. The molecule has 0 aromatic heterocycles. The highest BCUT2D eigenvalue weighted by molar-refractivity contribution is 14.1. The summed E-state index contributed by atoms with van der Waals surface area (Å²) in [5, 5.41) is 15.8. The Bertz CT molecular complexity index is 1120. The quantitative estimate of drug-likeness (QED) is 0.144. The number of anilines is 1. The summed E-state index contributed by atoms with van der Waals surface area (Å²) in [4.78, 5) is 10.3. The van der Waals surface area contributed by atoms with E-state index in [9.17, 15) is 10.1 Å². The minimum Gasteiger partial charge on any atom is -0.493 e. The normalized spacial score (nSPS) is 10.8. The zero-order valence-corrected chi connectivity index (χ0v) is 19.8. The van der Waals surface area contributed by atoms with Gasteiger partial charge in [-0.3, -0.25) is 15.5 Å². The lowest BCUT2D eigenvalue weighted by Gasteiger charge is -2.14. The van der Waals surface area contributed by atoms with E-state index in [1.807, 2.05) is 12.1 Å². The maximum absolute atomic E-state index is 10.7. The smallest absolute Gasteiger partial charge is 0.269 e. The molecule has 3 aromatic carbocycles. The Kier molecular flexibility index (Phi) is 7.94. The number of hydrogen-bond acceptors (Lipinski definition) is 6. The number of rotatable bonds is 8. The van der Waals surface area contributed by atoms with Crippen molar-refractivity contribution in [2.75, 3.05) is 12.5 Å². The Morgan fingerprint density at radius 1 is 1.13 bits per heavy atom. The zero-order valence-electron chi connectivity index (χ0n) is 16.1. The number of non-ortho nitro benzene ring substituents is 1. The van der Waals surface area contributed by atoms with Crippen LogP contribution in [0.3, 0.4) is 0 Å². The van der Waals surface area contributed by atoms with Crippen molar-refractivity contribution in [3.63, 3.8) is 0 Å². The summed E-state index contributed by atoms with van der Waals surface area (Å²) < 4.78 is 12.3. The molecule has 3 aromatic rings.